The van der Waals surface area contributed by atoms with E-state index in [-0.39, 0.29) is 11.0 Å². The van der Waals surface area contributed by atoms with Crippen molar-refractivity contribution in [1.82, 2.24) is 0 Å². The summed E-state index contributed by atoms with van der Waals surface area (Å²) in [7, 11) is 0. The molecule has 0 amide bonds. The average Bonchev–Trinajstić information content (AvgIpc) is 2.40. The Bertz CT molecular complexity index is 592. The minimum atomic E-state index is -0.134. The number of rotatable bonds is 1. The highest BCUT2D eigenvalue weighted by Gasteiger charge is 2.48. The smallest absolute Gasteiger partial charge is 0.108 e. The Morgan fingerprint density at radius 1 is 1.10 bits per heavy atom. The summed E-state index contributed by atoms with van der Waals surface area (Å²) < 4.78 is 6.35. The third-order valence-electron chi connectivity index (χ3n) is 5.37. The molecule has 3 rings (SSSR count). The van der Waals surface area contributed by atoms with Crippen LogP contribution in [0.2, 0.25) is 5.02 Å². The van der Waals surface area contributed by atoms with Crippen molar-refractivity contribution in [3.63, 3.8) is 0 Å². The van der Waals surface area contributed by atoms with Gasteiger partial charge in [-0.15, -0.1) is 0 Å². The van der Waals surface area contributed by atoms with Gasteiger partial charge < -0.3 is 4.74 Å². The van der Waals surface area contributed by atoms with Gasteiger partial charge in [-0.2, -0.15) is 0 Å². The zero-order valence-electron chi connectivity index (χ0n) is 13.2. The highest BCUT2D eigenvalue weighted by atomic mass is 35.5. The fourth-order valence-electron chi connectivity index (χ4n) is 3.30. The van der Waals surface area contributed by atoms with Crippen molar-refractivity contribution in [3.05, 3.63) is 58.8 Å². The second-order valence-corrected chi connectivity index (χ2v) is 7.77. The van der Waals surface area contributed by atoms with E-state index in [1.807, 2.05) is 12.1 Å². The van der Waals surface area contributed by atoms with Crippen LogP contribution in [0.15, 0.2) is 48.3 Å². The van der Waals surface area contributed by atoms with Crippen molar-refractivity contribution in [2.75, 3.05) is 0 Å². The van der Waals surface area contributed by atoms with E-state index in [9.17, 15) is 0 Å². The molecule has 0 saturated carbocycles. The minimum Gasteiger partial charge on any atom is -0.491 e. The first kappa shape index (κ1) is 14.7. The zero-order valence-corrected chi connectivity index (χ0v) is 13.9. The standard InChI is InChI=1S/C19H23ClO/c1-18(2)12-16-15(13-8-10-14(20)11-9-13)6-5-7-17(16)21-19(18,3)4/h5-11,15-16H,12H2,1-4H3. The van der Waals surface area contributed by atoms with Crippen LogP contribution in [-0.4, -0.2) is 5.60 Å². The molecule has 1 fully saturated rings. The summed E-state index contributed by atoms with van der Waals surface area (Å²) in [5.41, 5.74) is 1.32. The lowest BCUT2D eigenvalue weighted by molar-refractivity contribution is -0.117. The summed E-state index contributed by atoms with van der Waals surface area (Å²) in [6, 6.07) is 8.21. The van der Waals surface area contributed by atoms with Crippen molar-refractivity contribution < 1.29 is 4.74 Å². The van der Waals surface area contributed by atoms with Crippen molar-refractivity contribution in [2.45, 2.75) is 45.6 Å². The van der Waals surface area contributed by atoms with Crippen LogP contribution in [0.4, 0.5) is 0 Å². The number of halogens is 1. The molecular weight excluding hydrogens is 280 g/mol. The molecule has 1 aromatic carbocycles. The van der Waals surface area contributed by atoms with Crippen molar-refractivity contribution in [3.8, 4) is 0 Å². The van der Waals surface area contributed by atoms with Gasteiger partial charge in [0.25, 0.3) is 0 Å². The average molecular weight is 303 g/mol. The van der Waals surface area contributed by atoms with E-state index in [0.29, 0.717) is 11.8 Å². The highest BCUT2D eigenvalue weighted by molar-refractivity contribution is 6.30. The molecule has 2 atom stereocenters. The van der Waals surface area contributed by atoms with Gasteiger partial charge in [0.15, 0.2) is 0 Å². The molecule has 0 bridgehead atoms. The Balaban J connectivity index is 1.95. The van der Waals surface area contributed by atoms with Crippen LogP contribution >= 0.6 is 11.6 Å². The van der Waals surface area contributed by atoms with Crippen LogP contribution < -0.4 is 0 Å². The summed E-state index contributed by atoms with van der Waals surface area (Å²) in [4.78, 5) is 0. The number of allylic oxidation sites excluding steroid dienone is 4. The predicted octanol–water partition coefficient (Wildman–Crippen LogP) is 5.72. The quantitative estimate of drug-likeness (QED) is 0.645. The molecule has 0 spiro atoms. The van der Waals surface area contributed by atoms with E-state index in [2.05, 4.69) is 58.1 Å². The number of hydrogen-bond donors (Lipinski definition) is 0. The van der Waals surface area contributed by atoms with Gasteiger partial charge in [0.1, 0.15) is 11.4 Å². The summed E-state index contributed by atoms with van der Waals surface area (Å²) in [6.07, 6.45) is 7.67. The molecule has 1 saturated heterocycles. The maximum atomic E-state index is 6.35. The highest BCUT2D eigenvalue weighted by Crippen LogP contribution is 2.52. The van der Waals surface area contributed by atoms with Crippen LogP contribution in [0.3, 0.4) is 0 Å². The van der Waals surface area contributed by atoms with Crippen LogP contribution in [0.5, 0.6) is 0 Å². The Kier molecular flexibility index (Phi) is 3.44. The molecule has 1 aliphatic carbocycles. The van der Waals surface area contributed by atoms with Crippen LogP contribution in [0.1, 0.15) is 45.6 Å². The molecule has 112 valence electrons. The number of benzene rings is 1. The lowest BCUT2D eigenvalue weighted by Crippen LogP contribution is -2.48. The molecule has 2 unspecified atom stereocenters. The normalized spacial score (nSPS) is 29.3. The van der Waals surface area contributed by atoms with E-state index in [1.165, 1.54) is 5.56 Å². The van der Waals surface area contributed by atoms with Gasteiger partial charge in [-0.25, -0.2) is 0 Å². The summed E-state index contributed by atoms with van der Waals surface area (Å²) in [5, 5.41) is 0.788. The fraction of sp³-hybridized carbons (Fsp3) is 0.474. The molecule has 2 heteroatoms. The van der Waals surface area contributed by atoms with E-state index in [4.69, 9.17) is 16.3 Å². The molecular formula is C19H23ClO. The third kappa shape index (κ3) is 2.53. The van der Waals surface area contributed by atoms with E-state index in [0.717, 1.165) is 17.2 Å². The van der Waals surface area contributed by atoms with Gasteiger partial charge in [0.05, 0.1) is 0 Å². The molecule has 0 radical (unpaired) electrons. The van der Waals surface area contributed by atoms with Gasteiger partial charge in [-0.1, -0.05) is 49.7 Å². The monoisotopic (exact) mass is 302 g/mol. The minimum absolute atomic E-state index is 0.134. The Hall–Kier alpha value is -1.21. The first-order valence-electron chi connectivity index (χ1n) is 7.63. The molecule has 21 heavy (non-hydrogen) atoms. The van der Waals surface area contributed by atoms with Crippen molar-refractivity contribution in [2.24, 2.45) is 11.3 Å². The Labute approximate surface area is 132 Å². The first-order chi connectivity index (χ1) is 9.80. The van der Waals surface area contributed by atoms with Crippen LogP contribution in [0.25, 0.3) is 0 Å². The first-order valence-corrected chi connectivity index (χ1v) is 8.01. The lowest BCUT2D eigenvalue weighted by atomic mass is 9.64. The van der Waals surface area contributed by atoms with Crippen LogP contribution in [0, 0.1) is 11.3 Å². The van der Waals surface area contributed by atoms with Crippen LogP contribution in [-0.2, 0) is 4.74 Å². The molecule has 1 aliphatic heterocycles. The van der Waals surface area contributed by atoms with Gasteiger partial charge in [0.2, 0.25) is 0 Å². The summed E-state index contributed by atoms with van der Waals surface area (Å²) in [5.74, 6) is 1.92. The second kappa shape index (κ2) is 4.91. The molecule has 2 aliphatic rings. The molecule has 1 aromatic rings. The molecule has 0 aromatic heterocycles. The van der Waals surface area contributed by atoms with Gasteiger partial charge >= 0.3 is 0 Å². The zero-order chi connectivity index (χ0) is 15.3. The second-order valence-electron chi connectivity index (χ2n) is 7.34. The lowest BCUT2D eigenvalue weighted by Gasteiger charge is -2.51. The number of fused-ring (bicyclic) bond motifs is 1. The summed E-state index contributed by atoms with van der Waals surface area (Å²) >= 11 is 6.02. The van der Waals surface area contributed by atoms with E-state index in [1.54, 1.807) is 0 Å². The van der Waals surface area contributed by atoms with Gasteiger partial charge in [-0.05, 0) is 44.0 Å². The third-order valence-corrected chi connectivity index (χ3v) is 5.62. The Morgan fingerprint density at radius 3 is 2.43 bits per heavy atom. The summed E-state index contributed by atoms with van der Waals surface area (Å²) in [6.45, 7) is 9.00. The predicted molar refractivity (Wildman–Crippen MR) is 88.5 cm³/mol. The molecule has 1 nitrogen and oxygen atoms in total. The number of hydrogen-bond acceptors (Lipinski definition) is 1. The molecule has 1 heterocycles. The topological polar surface area (TPSA) is 9.23 Å². The Morgan fingerprint density at radius 2 is 1.76 bits per heavy atom. The van der Waals surface area contributed by atoms with Gasteiger partial charge in [-0.3, -0.25) is 0 Å². The van der Waals surface area contributed by atoms with Gasteiger partial charge in [0, 0.05) is 22.3 Å². The maximum absolute atomic E-state index is 6.35. The largest absolute Gasteiger partial charge is 0.491 e. The van der Waals surface area contributed by atoms with E-state index < -0.39 is 0 Å². The fourth-order valence-corrected chi connectivity index (χ4v) is 3.42. The molecule has 0 N–H and O–H groups in total. The SMILES string of the molecule is CC1(C)CC2C(=CC=CC2c2ccc(Cl)cc2)OC1(C)C. The van der Waals surface area contributed by atoms with Crippen molar-refractivity contribution in [1.29, 1.82) is 0 Å². The maximum Gasteiger partial charge on any atom is 0.108 e. The van der Waals surface area contributed by atoms with E-state index >= 15 is 0 Å². The van der Waals surface area contributed by atoms with Crippen molar-refractivity contribution >= 4 is 11.6 Å². The number of ether oxygens (including phenoxy) is 1.